The van der Waals surface area contributed by atoms with Crippen LogP contribution in [0.2, 0.25) is 5.02 Å². The van der Waals surface area contributed by atoms with Gasteiger partial charge in [0.25, 0.3) is 0 Å². The zero-order chi connectivity index (χ0) is 18.2. The highest BCUT2D eigenvalue weighted by atomic mass is 35.5. The van der Waals surface area contributed by atoms with E-state index in [2.05, 4.69) is 48.1 Å². The van der Waals surface area contributed by atoms with Crippen molar-refractivity contribution in [1.29, 1.82) is 0 Å². The molecule has 1 fully saturated rings. The molecule has 5 rings (SSSR count). The Labute approximate surface area is 161 Å². The average molecular weight is 380 g/mol. The van der Waals surface area contributed by atoms with Crippen LogP contribution in [-0.2, 0) is 6.54 Å². The predicted molar refractivity (Wildman–Crippen MR) is 103 cm³/mol. The van der Waals surface area contributed by atoms with E-state index in [1.54, 1.807) is 17.2 Å². The van der Waals surface area contributed by atoms with Gasteiger partial charge in [-0.1, -0.05) is 29.8 Å². The number of aromatic nitrogens is 6. The largest absolute Gasteiger partial charge is 0.336 e. The van der Waals surface area contributed by atoms with Gasteiger partial charge in [-0.05, 0) is 36.3 Å². The van der Waals surface area contributed by atoms with Gasteiger partial charge >= 0.3 is 0 Å². The van der Waals surface area contributed by atoms with Crippen molar-refractivity contribution >= 4 is 17.5 Å². The summed E-state index contributed by atoms with van der Waals surface area (Å²) in [5, 5.41) is 18.1. The van der Waals surface area contributed by atoms with Crippen LogP contribution in [0.3, 0.4) is 0 Å². The SMILES string of the molecule is Clc1ccc(-n2c(Cn3nccn3)nnc2N2CC3=CC=CCC3C2)cc1. The standard InChI is InChI=1S/C19H18ClN7/c20-16-5-7-17(8-6-16)27-18(13-26-21-9-10-22-26)23-24-19(27)25-11-14-3-1-2-4-15(14)12-25/h1-3,5-10,15H,4,11-13H2. The van der Waals surface area contributed by atoms with Crippen molar-refractivity contribution in [2.45, 2.75) is 13.0 Å². The number of allylic oxidation sites excluding steroid dienone is 3. The predicted octanol–water partition coefficient (Wildman–Crippen LogP) is 2.88. The highest BCUT2D eigenvalue weighted by Crippen LogP contribution is 2.33. The van der Waals surface area contributed by atoms with E-state index in [4.69, 9.17) is 11.6 Å². The van der Waals surface area contributed by atoms with Crippen LogP contribution in [0.25, 0.3) is 5.69 Å². The number of anilines is 1. The van der Waals surface area contributed by atoms with Crippen LogP contribution in [-0.4, -0.2) is 42.8 Å². The smallest absolute Gasteiger partial charge is 0.232 e. The Bertz CT molecular complexity index is 1000. The van der Waals surface area contributed by atoms with Crippen LogP contribution in [0.5, 0.6) is 0 Å². The maximum Gasteiger partial charge on any atom is 0.232 e. The number of nitrogens with zero attached hydrogens (tertiary/aromatic N) is 7. The van der Waals surface area contributed by atoms with E-state index < -0.39 is 0 Å². The Hall–Kier alpha value is -2.93. The Morgan fingerprint density at radius 3 is 2.67 bits per heavy atom. The van der Waals surface area contributed by atoms with Crippen molar-refractivity contribution in [2.75, 3.05) is 18.0 Å². The van der Waals surface area contributed by atoms with Gasteiger partial charge in [0.1, 0.15) is 6.54 Å². The summed E-state index contributed by atoms with van der Waals surface area (Å²) in [6, 6.07) is 7.73. The monoisotopic (exact) mass is 379 g/mol. The molecule has 27 heavy (non-hydrogen) atoms. The number of fused-ring (bicyclic) bond motifs is 1. The topological polar surface area (TPSA) is 64.7 Å². The van der Waals surface area contributed by atoms with Crippen LogP contribution in [0.15, 0.2) is 60.5 Å². The lowest BCUT2D eigenvalue weighted by Gasteiger charge is -2.19. The summed E-state index contributed by atoms with van der Waals surface area (Å²) in [5.41, 5.74) is 2.43. The lowest BCUT2D eigenvalue weighted by Crippen LogP contribution is -2.24. The molecule has 0 N–H and O–H groups in total. The molecule has 0 spiro atoms. The first-order chi connectivity index (χ1) is 13.3. The second kappa shape index (κ2) is 6.66. The zero-order valence-corrected chi connectivity index (χ0v) is 15.4. The molecule has 7 nitrogen and oxygen atoms in total. The van der Waals surface area contributed by atoms with Gasteiger partial charge in [-0.15, -0.1) is 10.2 Å². The minimum absolute atomic E-state index is 0.449. The Morgan fingerprint density at radius 2 is 1.89 bits per heavy atom. The molecule has 0 radical (unpaired) electrons. The van der Waals surface area contributed by atoms with Gasteiger partial charge in [-0.25, -0.2) is 0 Å². The minimum Gasteiger partial charge on any atom is -0.336 e. The first-order valence-corrected chi connectivity index (χ1v) is 9.30. The van der Waals surface area contributed by atoms with E-state index in [-0.39, 0.29) is 0 Å². The molecular formula is C19H18ClN7. The Morgan fingerprint density at radius 1 is 1.07 bits per heavy atom. The molecule has 0 amide bonds. The van der Waals surface area contributed by atoms with Gasteiger partial charge in [0.15, 0.2) is 5.82 Å². The van der Waals surface area contributed by atoms with Crippen molar-refractivity contribution in [3.8, 4) is 5.69 Å². The fourth-order valence-corrected chi connectivity index (χ4v) is 3.85. The van der Waals surface area contributed by atoms with Gasteiger partial charge in [-0.3, -0.25) is 4.57 Å². The summed E-state index contributed by atoms with van der Waals surface area (Å²) in [5.74, 6) is 2.18. The lowest BCUT2D eigenvalue weighted by molar-refractivity contribution is 0.564. The maximum absolute atomic E-state index is 6.09. The van der Waals surface area contributed by atoms with Crippen molar-refractivity contribution in [3.63, 3.8) is 0 Å². The molecule has 0 bridgehead atoms. The fourth-order valence-electron chi connectivity index (χ4n) is 3.72. The quantitative estimate of drug-likeness (QED) is 0.697. The van der Waals surface area contributed by atoms with E-state index in [0.29, 0.717) is 17.5 Å². The third-order valence-electron chi connectivity index (χ3n) is 5.04. The van der Waals surface area contributed by atoms with E-state index in [9.17, 15) is 0 Å². The highest BCUT2D eigenvalue weighted by molar-refractivity contribution is 6.30. The molecule has 1 atom stereocenters. The first-order valence-electron chi connectivity index (χ1n) is 8.93. The van der Waals surface area contributed by atoms with E-state index in [0.717, 1.165) is 37.0 Å². The van der Waals surface area contributed by atoms with Gasteiger partial charge in [-0.2, -0.15) is 15.0 Å². The summed E-state index contributed by atoms with van der Waals surface area (Å²) in [7, 11) is 0. The van der Waals surface area contributed by atoms with Crippen LogP contribution < -0.4 is 4.90 Å². The summed E-state index contributed by atoms with van der Waals surface area (Å²) in [4.78, 5) is 3.90. The Kier molecular flexibility index (Phi) is 4.01. The number of hydrogen-bond acceptors (Lipinski definition) is 5. The number of hydrogen-bond donors (Lipinski definition) is 0. The zero-order valence-electron chi connectivity index (χ0n) is 14.6. The molecule has 8 heteroatoms. The molecule has 3 heterocycles. The number of rotatable bonds is 4. The average Bonchev–Trinajstić information content (AvgIpc) is 3.41. The molecule has 1 aliphatic heterocycles. The molecule has 0 saturated carbocycles. The van der Waals surface area contributed by atoms with Crippen molar-refractivity contribution < 1.29 is 0 Å². The first kappa shape index (κ1) is 16.3. The van der Waals surface area contributed by atoms with Gasteiger partial charge in [0, 0.05) is 24.0 Å². The molecule has 1 aromatic carbocycles. The minimum atomic E-state index is 0.449. The van der Waals surface area contributed by atoms with Gasteiger partial charge in [0.05, 0.1) is 18.1 Å². The van der Waals surface area contributed by atoms with Crippen LogP contribution >= 0.6 is 11.6 Å². The third kappa shape index (κ3) is 3.04. The molecule has 2 aromatic heterocycles. The Balaban J connectivity index is 1.55. The maximum atomic E-state index is 6.09. The summed E-state index contributed by atoms with van der Waals surface area (Å²) >= 11 is 6.09. The molecular weight excluding hydrogens is 362 g/mol. The molecule has 136 valence electrons. The normalized spacial score (nSPS) is 18.6. The number of halogens is 1. The van der Waals surface area contributed by atoms with E-state index in [1.807, 2.05) is 24.3 Å². The summed E-state index contributed by atoms with van der Waals surface area (Å²) in [6.07, 6.45) is 11.0. The second-order valence-electron chi connectivity index (χ2n) is 6.77. The lowest BCUT2D eigenvalue weighted by atomic mass is 9.95. The second-order valence-corrected chi connectivity index (χ2v) is 7.21. The van der Waals surface area contributed by atoms with E-state index >= 15 is 0 Å². The third-order valence-corrected chi connectivity index (χ3v) is 5.29. The van der Waals surface area contributed by atoms with Crippen LogP contribution in [0.4, 0.5) is 5.95 Å². The fraction of sp³-hybridized carbons (Fsp3) is 0.263. The number of benzene rings is 1. The molecule has 3 aromatic rings. The summed E-state index contributed by atoms with van der Waals surface area (Å²) in [6.45, 7) is 2.27. The van der Waals surface area contributed by atoms with E-state index in [1.165, 1.54) is 5.57 Å². The van der Waals surface area contributed by atoms with Crippen molar-refractivity contribution in [3.05, 3.63) is 71.3 Å². The van der Waals surface area contributed by atoms with Crippen molar-refractivity contribution in [1.82, 2.24) is 29.8 Å². The van der Waals surface area contributed by atoms with Crippen LogP contribution in [0.1, 0.15) is 12.2 Å². The molecule has 1 unspecified atom stereocenters. The van der Waals surface area contributed by atoms with Crippen LogP contribution in [0, 0.1) is 5.92 Å². The van der Waals surface area contributed by atoms with Crippen molar-refractivity contribution in [2.24, 2.45) is 5.92 Å². The molecule has 2 aliphatic rings. The van der Waals surface area contributed by atoms with Gasteiger partial charge < -0.3 is 4.90 Å². The molecule has 1 aliphatic carbocycles. The highest BCUT2D eigenvalue weighted by Gasteiger charge is 2.31. The molecule has 1 saturated heterocycles. The van der Waals surface area contributed by atoms with Gasteiger partial charge in [0.2, 0.25) is 5.95 Å². The summed E-state index contributed by atoms with van der Waals surface area (Å²) < 4.78 is 2.07.